The molecule has 0 spiro atoms. The molecule has 1 saturated heterocycles. The van der Waals surface area contributed by atoms with Crippen LogP contribution in [0.25, 0.3) is 0 Å². The molecule has 0 aromatic heterocycles. The number of ether oxygens (including phenoxy) is 3. The number of rotatable bonds is 13. The molecule has 1 aromatic rings. The molecule has 158 valence electrons. The molecule has 2 rings (SSSR count). The van der Waals surface area contributed by atoms with Gasteiger partial charge in [-0.15, -0.1) is 0 Å². The lowest BCUT2D eigenvalue weighted by molar-refractivity contribution is 0.0290. The van der Waals surface area contributed by atoms with Gasteiger partial charge in [0.05, 0.1) is 19.8 Å². The quantitative estimate of drug-likeness (QED) is 0.493. The van der Waals surface area contributed by atoms with Gasteiger partial charge in [-0.25, -0.2) is 4.79 Å². The molecule has 6 heteroatoms. The van der Waals surface area contributed by atoms with E-state index in [2.05, 4.69) is 17.1 Å². The molecule has 1 fully saturated rings. The maximum absolute atomic E-state index is 11.9. The van der Waals surface area contributed by atoms with Crippen molar-refractivity contribution >= 4 is 11.8 Å². The van der Waals surface area contributed by atoms with Crippen LogP contribution in [-0.2, 0) is 9.47 Å². The number of benzene rings is 1. The minimum atomic E-state index is -0.426. The van der Waals surface area contributed by atoms with Crippen LogP contribution in [0.5, 0.6) is 5.75 Å². The number of unbranched alkanes of at least 4 members (excludes halogenated alkanes) is 6. The number of carbonyl (C=O) groups is 1. The first-order valence-corrected chi connectivity index (χ1v) is 10.7. The third kappa shape index (κ3) is 9.95. The predicted molar refractivity (Wildman–Crippen MR) is 112 cm³/mol. The van der Waals surface area contributed by atoms with Crippen LogP contribution in [0.3, 0.4) is 0 Å². The van der Waals surface area contributed by atoms with E-state index in [0.29, 0.717) is 12.3 Å². The topological polar surface area (TPSA) is 60.0 Å². The Kier molecular flexibility index (Phi) is 11.4. The third-order valence-electron chi connectivity index (χ3n) is 4.86. The summed E-state index contributed by atoms with van der Waals surface area (Å²) in [5.74, 6) is 0.831. The van der Waals surface area contributed by atoms with Crippen LogP contribution in [0.4, 0.5) is 10.5 Å². The van der Waals surface area contributed by atoms with Crippen LogP contribution in [0.2, 0.25) is 0 Å². The Bertz CT molecular complexity index is 530. The Morgan fingerprint density at radius 3 is 2.39 bits per heavy atom. The van der Waals surface area contributed by atoms with Crippen LogP contribution in [0.1, 0.15) is 51.9 Å². The van der Waals surface area contributed by atoms with Crippen molar-refractivity contribution in [3.8, 4) is 5.75 Å². The molecule has 1 amide bonds. The fraction of sp³-hybridized carbons (Fsp3) is 0.682. The number of nitrogens with zero attached hydrogens (tertiary/aromatic N) is 1. The number of morpholine rings is 1. The maximum Gasteiger partial charge on any atom is 0.411 e. The Labute approximate surface area is 169 Å². The molecule has 1 heterocycles. The number of nitrogens with one attached hydrogen (secondary N) is 1. The normalized spacial score (nSPS) is 14.6. The van der Waals surface area contributed by atoms with Gasteiger partial charge in [-0.3, -0.25) is 10.2 Å². The first-order valence-electron chi connectivity index (χ1n) is 10.7. The summed E-state index contributed by atoms with van der Waals surface area (Å²) in [4.78, 5) is 14.1. The summed E-state index contributed by atoms with van der Waals surface area (Å²) in [6, 6.07) is 7.43. The lowest BCUT2D eigenvalue weighted by atomic mass is 10.1. The minimum Gasteiger partial charge on any atom is -0.494 e. The van der Waals surface area contributed by atoms with Gasteiger partial charge in [-0.05, 0) is 30.7 Å². The zero-order valence-corrected chi connectivity index (χ0v) is 17.3. The van der Waals surface area contributed by atoms with Crippen molar-refractivity contribution in [1.82, 2.24) is 4.90 Å². The Morgan fingerprint density at radius 1 is 1.00 bits per heavy atom. The first kappa shape index (κ1) is 22.5. The van der Waals surface area contributed by atoms with Crippen molar-refractivity contribution in [1.29, 1.82) is 0 Å². The van der Waals surface area contributed by atoms with Gasteiger partial charge in [0, 0.05) is 25.3 Å². The summed E-state index contributed by atoms with van der Waals surface area (Å²) in [6.07, 6.45) is 8.49. The molecule has 28 heavy (non-hydrogen) atoms. The van der Waals surface area contributed by atoms with E-state index in [1.165, 1.54) is 38.5 Å². The summed E-state index contributed by atoms with van der Waals surface area (Å²) in [7, 11) is 0. The average Bonchev–Trinajstić information content (AvgIpc) is 2.72. The molecule has 1 aromatic carbocycles. The van der Waals surface area contributed by atoms with Crippen LogP contribution >= 0.6 is 0 Å². The van der Waals surface area contributed by atoms with Gasteiger partial charge in [0.2, 0.25) is 0 Å². The summed E-state index contributed by atoms with van der Waals surface area (Å²) in [5, 5.41) is 2.75. The first-order chi connectivity index (χ1) is 13.8. The molecular formula is C22H36N2O4. The number of hydrogen-bond donors (Lipinski definition) is 1. The van der Waals surface area contributed by atoms with Crippen LogP contribution in [-0.4, -0.2) is 57.1 Å². The average molecular weight is 393 g/mol. The van der Waals surface area contributed by atoms with E-state index in [4.69, 9.17) is 14.2 Å². The molecule has 0 unspecified atom stereocenters. The Balaban J connectivity index is 1.53. The summed E-state index contributed by atoms with van der Waals surface area (Å²) in [6.45, 7) is 7.39. The predicted octanol–water partition coefficient (Wildman–Crippen LogP) is 4.70. The fourth-order valence-electron chi connectivity index (χ4n) is 3.13. The largest absolute Gasteiger partial charge is 0.494 e. The van der Waals surface area contributed by atoms with Gasteiger partial charge in [-0.1, -0.05) is 45.4 Å². The second kappa shape index (κ2) is 14.2. The highest BCUT2D eigenvalue weighted by atomic mass is 16.5. The van der Waals surface area contributed by atoms with Crippen LogP contribution in [0.15, 0.2) is 24.3 Å². The molecule has 1 N–H and O–H groups in total. The monoisotopic (exact) mass is 392 g/mol. The minimum absolute atomic E-state index is 0.380. The van der Waals surface area contributed by atoms with Gasteiger partial charge >= 0.3 is 6.09 Å². The molecule has 0 radical (unpaired) electrons. The molecule has 1 aliphatic heterocycles. The molecule has 1 aliphatic rings. The SMILES string of the molecule is CCCCCCCCCOc1ccc(NC(=O)OCCN2CCOCC2)cc1. The van der Waals surface area contributed by atoms with Gasteiger partial charge in [-0.2, -0.15) is 0 Å². The van der Waals surface area contributed by atoms with Crippen molar-refractivity contribution in [2.45, 2.75) is 51.9 Å². The number of hydrogen-bond acceptors (Lipinski definition) is 5. The highest BCUT2D eigenvalue weighted by Crippen LogP contribution is 2.16. The van der Waals surface area contributed by atoms with E-state index in [1.807, 2.05) is 24.3 Å². The van der Waals surface area contributed by atoms with E-state index < -0.39 is 6.09 Å². The highest BCUT2D eigenvalue weighted by molar-refractivity contribution is 5.84. The lowest BCUT2D eigenvalue weighted by Crippen LogP contribution is -2.38. The Hall–Kier alpha value is -1.79. The molecule has 0 bridgehead atoms. The second-order valence-corrected chi connectivity index (χ2v) is 7.21. The Morgan fingerprint density at radius 2 is 1.68 bits per heavy atom. The van der Waals surface area contributed by atoms with E-state index >= 15 is 0 Å². The van der Waals surface area contributed by atoms with Crippen LogP contribution in [0, 0.1) is 0 Å². The van der Waals surface area contributed by atoms with Crippen molar-refractivity contribution < 1.29 is 19.0 Å². The van der Waals surface area contributed by atoms with Crippen molar-refractivity contribution in [2.75, 3.05) is 51.4 Å². The third-order valence-corrected chi connectivity index (χ3v) is 4.86. The molecule has 0 aliphatic carbocycles. The summed E-state index contributed by atoms with van der Waals surface area (Å²) in [5.41, 5.74) is 0.708. The van der Waals surface area contributed by atoms with Crippen molar-refractivity contribution in [2.24, 2.45) is 0 Å². The van der Waals surface area contributed by atoms with Crippen molar-refractivity contribution in [3.05, 3.63) is 24.3 Å². The second-order valence-electron chi connectivity index (χ2n) is 7.21. The van der Waals surface area contributed by atoms with Crippen LogP contribution < -0.4 is 10.1 Å². The smallest absolute Gasteiger partial charge is 0.411 e. The van der Waals surface area contributed by atoms with E-state index in [9.17, 15) is 4.79 Å². The van der Waals surface area contributed by atoms with E-state index in [0.717, 1.165) is 51.6 Å². The zero-order chi connectivity index (χ0) is 19.9. The fourth-order valence-corrected chi connectivity index (χ4v) is 3.13. The summed E-state index contributed by atoms with van der Waals surface area (Å²) < 4.78 is 16.3. The molecule has 0 atom stereocenters. The number of anilines is 1. The maximum atomic E-state index is 11.9. The van der Waals surface area contributed by atoms with E-state index in [1.54, 1.807) is 0 Å². The lowest BCUT2D eigenvalue weighted by Gasteiger charge is -2.26. The van der Waals surface area contributed by atoms with Gasteiger partial charge in [0.25, 0.3) is 0 Å². The van der Waals surface area contributed by atoms with Gasteiger partial charge in [0.15, 0.2) is 0 Å². The number of carbonyl (C=O) groups excluding carboxylic acids is 1. The number of amides is 1. The summed E-state index contributed by atoms with van der Waals surface area (Å²) >= 11 is 0. The van der Waals surface area contributed by atoms with E-state index in [-0.39, 0.29) is 0 Å². The zero-order valence-electron chi connectivity index (χ0n) is 17.3. The van der Waals surface area contributed by atoms with Gasteiger partial charge < -0.3 is 14.2 Å². The molecular weight excluding hydrogens is 356 g/mol. The highest BCUT2D eigenvalue weighted by Gasteiger charge is 2.11. The molecule has 0 saturated carbocycles. The molecule has 6 nitrogen and oxygen atoms in total. The van der Waals surface area contributed by atoms with Crippen molar-refractivity contribution in [3.63, 3.8) is 0 Å². The van der Waals surface area contributed by atoms with Gasteiger partial charge in [0.1, 0.15) is 12.4 Å². The standard InChI is InChI=1S/C22H36N2O4/c1-2-3-4-5-6-7-8-16-27-21-11-9-20(10-12-21)23-22(25)28-19-15-24-13-17-26-18-14-24/h9-12H,2-8,13-19H2,1H3,(H,23,25).